The summed E-state index contributed by atoms with van der Waals surface area (Å²) >= 11 is 16.9. The Morgan fingerprint density at radius 1 is 1.23 bits per heavy atom. The van der Waals surface area contributed by atoms with Crippen LogP contribution >= 0.6 is 34.8 Å². The Labute approximate surface area is 91.9 Å². The second-order valence-electron chi connectivity index (χ2n) is 2.31. The topological polar surface area (TPSA) is 9.23 Å². The molecule has 0 aliphatic carbocycles. The van der Waals surface area contributed by atoms with E-state index in [0.29, 0.717) is 10.8 Å². The fourth-order valence-electron chi connectivity index (χ4n) is 0.869. The van der Waals surface area contributed by atoms with E-state index >= 15 is 0 Å². The van der Waals surface area contributed by atoms with Gasteiger partial charge in [0.2, 0.25) is 0 Å². The van der Waals surface area contributed by atoms with E-state index in [4.69, 9.17) is 39.5 Å². The third kappa shape index (κ3) is 2.80. The van der Waals surface area contributed by atoms with Crippen LogP contribution in [0.3, 0.4) is 0 Å². The van der Waals surface area contributed by atoms with Crippen molar-refractivity contribution in [1.29, 1.82) is 0 Å². The highest BCUT2D eigenvalue weighted by Crippen LogP contribution is 2.29. The first kappa shape index (κ1) is 10.7. The predicted octanol–water partition coefficient (Wildman–Crippen LogP) is 4.04. The molecule has 0 saturated heterocycles. The number of halogens is 3. The number of benzene rings is 1. The lowest BCUT2D eigenvalue weighted by atomic mass is 10.2. The summed E-state index contributed by atoms with van der Waals surface area (Å²) in [5.41, 5.74) is 0.737. The third-order valence-electron chi connectivity index (χ3n) is 1.49. The molecular weight excluding hydrogens is 230 g/mol. The van der Waals surface area contributed by atoms with Crippen molar-refractivity contribution in [3.05, 3.63) is 34.3 Å². The molecule has 0 saturated carbocycles. The molecule has 0 spiro atoms. The van der Waals surface area contributed by atoms with Crippen LogP contribution < -0.4 is 4.74 Å². The molecule has 0 amide bonds. The van der Waals surface area contributed by atoms with Crippen LogP contribution in [0.25, 0.3) is 5.03 Å². The minimum Gasteiger partial charge on any atom is -0.497 e. The number of hydrogen-bond donors (Lipinski definition) is 0. The maximum atomic E-state index is 5.83. The summed E-state index contributed by atoms with van der Waals surface area (Å²) in [5.74, 6) is 0.713. The quantitative estimate of drug-likeness (QED) is 0.754. The fraction of sp³-hybridized carbons (Fsp3) is 0.111. The molecule has 1 rings (SSSR count). The molecule has 0 atom stereocenters. The highest BCUT2D eigenvalue weighted by atomic mass is 35.5. The number of methoxy groups -OCH3 is 1. The van der Waals surface area contributed by atoms with Gasteiger partial charge in [0.15, 0.2) is 0 Å². The van der Waals surface area contributed by atoms with Crippen molar-refractivity contribution < 1.29 is 4.74 Å². The van der Waals surface area contributed by atoms with Gasteiger partial charge in [-0.2, -0.15) is 0 Å². The Balaban J connectivity index is 3.09. The highest BCUT2D eigenvalue weighted by Gasteiger charge is 2.03. The van der Waals surface area contributed by atoms with Gasteiger partial charge in [0, 0.05) is 0 Å². The summed E-state index contributed by atoms with van der Waals surface area (Å²) in [4.78, 5) is 0. The van der Waals surface area contributed by atoms with Crippen LogP contribution in [-0.2, 0) is 0 Å². The molecule has 0 fully saturated rings. The molecule has 0 heterocycles. The van der Waals surface area contributed by atoms with Crippen molar-refractivity contribution in [1.82, 2.24) is 0 Å². The maximum Gasteiger partial charge on any atom is 0.126 e. The lowest BCUT2D eigenvalue weighted by Crippen LogP contribution is -1.84. The van der Waals surface area contributed by atoms with Crippen LogP contribution in [0.15, 0.2) is 28.8 Å². The molecule has 70 valence electrons. The summed E-state index contributed by atoms with van der Waals surface area (Å²) < 4.78 is 5.07. The molecule has 0 bridgehead atoms. The standard InChI is InChI=1S/C9H7Cl3O/c1-13-7-4-2-3-6(5-7)8(10)9(11)12/h2-5H,1H3. The molecule has 1 aromatic carbocycles. The van der Waals surface area contributed by atoms with Crippen molar-refractivity contribution in [3.8, 4) is 5.75 Å². The zero-order valence-electron chi connectivity index (χ0n) is 6.85. The Kier molecular flexibility index (Phi) is 3.91. The second kappa shape index (κ2) is 4.75. The summed E-state index contributed by atoms with van der Waals surface area (Å²) in [6, 6.07) is 7.19. The average molecular weight is 238 g/mol. The van der Waals surface area contributed by atoms with E-state index in [1.54, 1.807) is 19.2 Å². The highest BCUT2D eigenvalue weighted by molar-refractivity contribution is 6.66. The Morgan fingerprint density at radius 3 is 2.46 bits per heavy atom. The van der Waals surface area contributed by atoms with E-state index in [-0.39, 0.29) is 4.49 Å². The van der Waals surface area contributed by atoms with Crippen LogP contribution in [0.5, 0.6) is 5.75 Å². The van der Waals surface area contributed by atoms with Crippen molar-refractivity contribution in [2.45, 2.75) is 0 Å². The Morgan fingerprint density at radius 2 is 1.92 bits per heavy atom. The molecule has 0 unspecified atom stereocenters. The molecule has 13 heavy (non-hydrogen) atoms. The van der Waals surface area contributed by atoms with E-state index in [1.807, 2.05) is 12.1 Å². The normalized spacial score (nSPS) is 9.54. The number of rotatable bonds is 2. The SMILES string of the molecule is COc1cccc(C(Cl)=C(Cl)Cl)c1. The Hall–Kier alpha value is -0.370. The van der Waals surface area contributed by atoms with Gasteiger partial charge in [0.1, 0.15) is 10.2 Å². The van der Waals surface area contributed by atoms with E-state index in [9.17, 15) is 0 Å². The van der Waals surface area contributed by atoms with Crippen molar-refractivity contribution in [2.75, 3.05) is 7.11 Å². The van der Waals surface area contributed by atoms with E-state index in [0.717, 1.165) is 5.56 Å². The molecular formula is C9H7Cl3O. The van der Waals surface area contributed by atoms with Crippen LogP contribution in [0.1, 0.15) is 5.56 Å². The minimum atomic E-state index is 0.0509. The summed E-state index contributed by atoms with van der Waals surface area (Å²) in [6.07, 6.45) is 0. The lowest BCUT2D eigenvalue weighted by molar-refractivity contribution is 0.414. The zero-order valence-corrected chi connectivity index (χ0v) is 9.12. The largest absolute Gasteiger partial charge is 0.497 e. The fourth-order valence-corrected chi connectivity index (χ4v) is 1.20. The van der Waals surface area contributed by atoms with Gasteiger partial charge < -0.3 is 4.74 Å². The lowest BCUT2D eigenvalue weighted by Gasteiger charge is -2.02. The van der Waals surface area contributed by atoms with Gasteiger partial charge in [-0.15, -0.1) is 0 Å². The zero-order chi connectivity index (χ0) is 9.84. The van der Waals surface area contributed by atoms with Gasteiger partial charge in [-0.05, 0) is 17.7 Å². The summed E-state index contributed by atoms with van der Waals surface area (Å²) in [6.45, 7) is 0. The molecule has 0 radical (unpaired) electrons. The van der Waals surface area contributed by atoms with Gasteiger partial charge in [0.25, 0.3) is 0 Å². The van der Waals surface area contributed by atoms with E-state index in [2.05, 4.69) is 0 Å². The average Bonchev–Trinajstić information content (AvgIpc) is 2.16. The summed E-state index contributed by atoms with van der Waals surface area (Å²) in [7, 11) is 1.58. The van der Waals surface area contributed by atoms with Crippen molar-refractivity contribution >= 4 is 39.8 Å². The molecule has 0 aliphatic rings. The monoisotopic (exact) mass is 236 g/mol. The first-order chi connectivity index (χ1) is 6.15. The molecule has 1 aromatic rings. The molecule has 0 N–H and O–H groups in total. The Bertz CT molecular complexity index is 329. The predicted molar refractivity (Wildman–Crippen MR) is 57.5 cm³/mol. The molecule has 1 nitrogen and oxygen atoms in total. The molecule has 0 aromatic heterocycles. The van der Waals surface area contributed by atoms with Crippen LogP contribution in [0.2, 0.25) is 0 Å². The summed E-state index contributed by atoms with van der Waals surface area (Å²) in [5, 5.41) is 0.322. The van der Waals surface area contributed by atoms with Gasteiger partial charge in [-0.3, -0.25) is 0 Å². The first-order valence-electron chi connectivity index (χ1n) is 3.50. The van der Waals surface area contributed by atoms with Crippen molar-refractivity contribution in [3.63, 3.8) is 0 Å². The van der Waals surface area contributed by atoms with Crippen LogP contribution in [0.4, 0.5) is 0 Å². The van der Waals surface area contributed by atoms with Gasteiger partial charge in [-0.25, -0.2) is 0 Å². The molecule has 4 heteroatoms. The minimum absolute atomic E-state index is 0.0509. The van der Waals surface area contributed by atoms with Crippen LogP contribution in [-0.4, -0.2) is 7.11 Å². The maximum absolute atomic E-state index is 5.83. The van der Waals surface area contributed by atoms with Gasteiger partial charge >= 0.3 is 0 Å². The second-order valence-corrected chi connectivity index (χ2v) is 3.63. The third-order valence-corrected chi connectivity index (χ3v) is 2.47. The number of ether oxygens (including phenoxy) is 1. The van der Waals surface area contributed by atoms with E-state index < -0.39 is 0 Å². The van der Waals surface area contributed by atoms with E-state index in [1.165, 1.54) is 0 Å². The van der Waals surface area contributed by atoms with Crippen molar-refractivity contribution in [2.24, 2.45) is 0 Å². The van der Waals surface area contributed by atoms with Gasteiger partial charge in [0.05, 0.1) is 12.1 Å². The molecule has 0 aliphatic heterocycles. The smallest absolute Gasteiger partial charge is 0.126 e. The van der Waals surface area contributed by atoms with Crippen LogP contribution in [0, 0.1) is 0 Å². The number of hydrogen-bond acceptors (Lipinski definition) is 1. The first-order valence-corrected chi connectivity index (χ1v) is 4.63. The van der Waals surface area contributed by atoms with Gasteiger partial charge in [-0.1, -0.05) is 46.9 Å².